The third-order valence-electron chi connectivity index (χ3n) is 3.53. The first kappa shape index (κ1) is 16.3. The van der Waals surface area contributed by atoms with E-state index < -0.39 is 0 Å². The summed E-state index contributed by atoms with van der Waals surface area (Å²) in [7, 11) is 0. The number of aromatic nitrogens is 2. The summed E-state index contributed by atoms with van der Waals surface area (Å²) in [5, 5.41) is 6.71. The Hall–Kier alpha value is -1.57. The van der Waals surface area contributed by atoms with Crippen LogP contribution < -0.4 is 10.2 Å². The lowest BCUT2D eigenvalue weighted by atomic mass is 10.3. The number of carbonyl (C=O) groups excluding carboxylic acids is 1. The molecule has 6 nitrogen and oxygen atoms in total. The van der Waals surface area contributed by atoms with Gasteiger partial charge in [-0.15, -0.1) is 11.3 Å². The van der Waals surface area contributed by atoms with Gasteiger partial charge in [0.25, 0.3) is 0 Å². The second-order valence-electron chi connectivity index (χ2n) is 5.02. The number of thiazole rings is 1. The van der Waals surface area contributed by atoms with Crippen LogP contribution >= 0.6 is 34.5 Å². The Morgan fingerprint density at radius 1 is 1.26 bits per heavy atom. The second kappa shape index (κ2) is 7.33. The van der Waals surface area contributed by atoms with Crippen LogP contribution in [0.4, 0.5) is 10.6 Å². The molecular formula is C14H15Cl2N5OS. The number of pyridine rings is 1. The molecule has 0 aliphatic carbocycles. The number of nitrogens with zero attached hydrogens (tertiary/aromatic N) is 4. The molecule has 1 N–H and O–H groups in total. The standard InChI is InChI=1S/C14H15Cl2N5OS/c15-10-7-11(16)13(18-8-10)20-2-4-21(5-3-20)14(22)19-9-12-17-1-6-23-12/h1,6-8H,2-5,9H2,(H,19,22). The SMILES string of the molecule is O=C(NCc1nccs1)N1CCN(c2ncc(Cl)cc2Cl)CC1. The molecule has 3 heterocycles. The lowest BCUT2D eigenvalue weighted by molar-refractivity contribution is 0.194. The average molecular weight is 372 g/mol. The zero-order valence-electron chi connectivity index (χ0n) is 12.2. The predicted octanol–water partition coefficient (Wildman–Crippen LogP) is 2.88. The van der Waals surface area contributed by atoms with E-state index >= 15 is 0 Å². The Bertz CT molecular complexity index is 674. The molecule has 2 aromatic rings. The molecular weight excluding hydrogens is 357 g/mol. The normalized spacial score (nSPS) is 14.9. The van der Waals surface area contributed by atoms with E-state index in [0.717, 1.165) is 5.01 Å². The summed E-state index contributed by atoms with van der Waals surface area (Å²) in [6.45, 7) is 3.05. The van der Waals surface area contributed by atoms with Crippen LogP contribution in [0.2, 0.25) is 10.0 Å². The van der Waals surface area contributed by atoms with Crippen molar-refractivity contribution >= 4 is 46.4 Å². The number of amides is 2. The molecule has 0 saturated carbocycles. The van der Waals surface area contributed by atoms with Crippen molar-refractivity contribution in [2.75, 3.05) is 31.1 Å². The maximum atomic E-state index is 12.2. The molecule has 9 heteroatoms. The summed E-state index contributed by atoms with van der Waals surface area (Å²) < 4.78 is 0. The van der Waals surface area contributed by atoms with Gasteiger partial charge >= 0.3 is 6.03 Å². The molecule has 1 aliphatic heterocycles. The van der Waals surface area contributed by atoms with Gasteiger partial charge in [-0.05, 0) is 6.07 Å². The van der Waals surface area contributed by atoms with Crippen LogP contribution in [-0.2, 0) is 6.54 Å². The van der Waals surface area contributed by atoms with E-state index in [1.165, 1.54) is 11.3 Å². The number of carbonyl (C=O) groups is 1. The first-order valence-corrected chi connectivity index (χ1v) is 8.74. The molecule has 0 atom stereocenters. The molecule has 1 aliphatic rings. The third-order valence-corrected chi connectivity index (χ3v) is 4.79. The van der Waals surface area contributed by atoms with Gasteiger partial charge in [0.1, 0.15) is 10.8 Å². The van der Waals surface area contributed by atoms with Crippen molar-refractivity contribution in [1.82, 2.24) is 20.2 Å². The first-order chi connectivity index (χ1) is 11.1. The molecule has 2 amide bonds. The minimum absolute atomic E-state index is 0.0741. The number of rotatable bonds is 3. The van der Waals surface area contributed by atoms with E-state index in [1.54, 1.807) is 23.4 Å². The number of halogens is 2. The second-order valence-corrected chi connectivity index (χ2v) is 6.84. The van der Waals surface area contributed by atoms with Crippen molar-refractivity contribution in [2.24, 2.45) is 0 Å². The molecule has 23 heavy (non-hydrogen) atoms. The van der Waals surface area contributed by atoms with Crippen LogP contribution in [0.5, 0.6) is 0 Å². The van der Waals surface area contributed by atoms with E-state index in [4.69, 9.17) is 23.2 Å². The molecule has 0 radical (unpaired) electrons. The highest BCUT2D eigenvalue weighted by Crippen LogP contribution is 2.26. The Morgan fingerprint density at radius 2 is 2.04 bits per heavy atom. The number of anilines is 1. The quantitative estimate of drug-likeness (QED) is 0.900. The van der Waals surface area contributed by atoms with Crippen LogP contribution in [0.25, 0.3) is 0 Å². The summed E-state index contributed by atoms with van der Waals surface area (Å²) in [5.41, 5.74) is 0. The van der Waals surface area contributed by atoms with Crippen LogP contribution in [0.1, 0.15) is 5.01 Å². The molecule has 0 spiro atoms. The van der Waals surface area contributed by atoms with Crippen molar-refractivity contribution in [2.45, 2.75) is 6.54 Å². The van der Waals surface area contributed by atoms with Crippen LogP contribution in [0, 0.1) is 0 Å². The largest absolute Gasteiger partial charge is 0.352 e. The Morgan fingerprint density at radius 3 is 2.70 bits per heavy atom. The molecule has 1 fully saturated rings. The molecule has 2 aromatic heterocycles. The minimum atomic E-state index is -0.0741. The molecule has 0 aromatic carbocycles. The van der Waals surface area contributed by atoms with E-state index in [9.17, 15) is 4.79 Å². The first-order valence-electron chi connectivity index (χ1n) is 7.10. The summed E-state index contributed by atoms with van der Waals surface area (Å²) >= 11 is 13.6. The summed E-state index contributed by atoms with van der Waals surface area (Å²) in [5.74, 6) is 0.707. The molecule has 0 bridgehead atoms. The van der Waals surface area contributed by atoms with Gasteiger partial charge < -0.3 is 15.1 Å². The topological polar surface area (TPSA) is 61.4 Å². The zero-order chi connectivity index (χ0) is 16.2. The maximum absolute atomic E-state index is 12.2. The Balaban J connectivity index is 1.52. The summed E-state index contributed by atoms with van der Waals surface area (Å²) in [6, 6.07) is 1.61. The smallest absolute Gasteiger partial charge is 0.317 e. The van der Waals surface area contributed by atoms with E-state index in [1.807, 2.05) is 5.38 Å². The minimum Gasteiger partial charge on any atom is -0.352 e. The molecule has 3 rings (SSSR count). The van der Waals surface area contributed by atoms with E-state index in [2.05, 4.69) is 20.2 Å². The van der Waals surface area contributed by atoms with Gasteiger partial charge in [-0.1, -0.05) is 23.2 Å². The fourth-order valence-corrected chi connectivity index (χ4v) is 3.42. The number of piperazine rings is 1. The van der Waals surface area contributed by atoms with Crippen LogP contribution in [-0.4, -0.2) is 47.1 Å². The number of urea groups is 1. The fourth-order valence-electron chi connectivity index (χ4n) is 2.36. The average Bonchev–Trinajstić information content (AvgIpc) is 3.06. The number of hydrogen-bond acceptors (Lipinski definition) is 5. The Labute approximate surface area is 148 Å². The number of nitrogens with one attached hydrogen (secondary N) is 1. The van der Waals surface area contributed by atoms with Crippen LogP contribution in [0.3, 0.4) is 0 Å². The van der Waals surface area contributed by atoms with Gasteiger partial charge in [-0.3, -0.25) is 0 Å². The molecule has 1 saturated heterocycles. The van der Waals surface area contributed by atoms with Crippen LogP contribution in [0.15, 0.2) is 23.8 Å². The lowest BCUT2D eigenvalue weighted by Gasteiger charge is -2.35. The molecule has 122 valence electrons. The van der Waals surface area contributed by atoms with Gasteiger partial charge in [0, 0.05) is 44.0 Å². The highest BCUT2D eigenvalue weighted by Gasteiger charge is 2.23. The lowest BCUT2D eigenvalue weighted by Crippen LogP contribution is -2.52. The van der Waals surface area contributed by atoms with Gasteiger partial charge in [0.15, 0.2) is 0 Å². The highest BCUT2D eigenvalue weighted by atomic mass is 35.5. The van der Waals surface area contributed by atoms with Crippen molar-refractivity contribution in [3.63, 3.8) is 0 Å². The maximum Gasteiger partial charge on any atom is 0.317 e. The number of hydrogen-bond donors (Lipinski definition) is 1. The monoisotopic (exact) mass is 371 g/mol. The van der Waals surface area contributed by atoms with Crippen molar-refractivity contribution in [1.29, 1.82) is 0 Å². The van der Waals surface area contributed by atoms with Crippen molar-refractivity contribution in [3.05, 3.63) is 38.9 Å². The van der Waals surface area contributed by atoms with Gasteiger partial charge in [0.2, 0.25) is 0 Å². The Kier molecular flexibility index (Phi) is 5.20. The summed E-state index contributed by atoms with van der Waals surface area (Å²) in [6.07, 6.45) is 3.31. The fraction of sp³-hybridized carbons (Fsp3) is 0.357. The third kappa shape index (κ3) is 4.04. The van der Waals surface area contributed by atoms with Crippen molar-refractivity contribution < 1.29 is 4.79 Å². The molecule has 0 unspecified atom stereocenters. The van der Waals surface area contributed by atoms with Gasteiger partial charge in [0.05, 0.1) is 16.6 Å². The van der Waals surface area contributed by atoms with Crippen molar-refractivity contribution in [3.8, 4) is 0 Å². The van der Waals surface area contributed by atoms with E-state index in [-0.39, 0.29) is 6.03 Å². The predicted molar refractivity (Wildman–Crippen MR) is 92.4 cm³/mol. The van der Waals surface area contributed by atoms with Gasteiger partial charge in [-0.2, -0.15) is 0 Å². The zero-order valence-corrected chi connectivity index (χ0v) is 14.5. The van der Waals surface area contributed by atoms with E-state index in [0.29, 0.717) is 48.6 Å². The highest BCUT2D eigenvalue weighted by molar-refractivity contribution is 7.09. The summed E-state index contributed by atoms with van der Waals surface area (Å²) in [4.78, 5) is 24.4. The van der Waals surface area contributed by atoms with Gasteiger partial charge in [-0.25, -0.2) is 14.8 Å².